The number of nitrogens with zero attached hydrogens (tertiary/aromatic N) is 2. The third-order valence-corrected chi connectivity index (χ3v) is 6.43. The van der Waals surface area contributed by atoms with Crippen molar-refractivity contribution < 1.29 is 22.8 Å². The van der Waals surface area contributed by atoms with Crippen LogP contribution in [-0.4, -0.2) is 33.9 Å². The van der Waals surface area contributed by atoms with Crippen LogP contribution in [0.25, 0.3) is 0 Å². The average molecular weight is 591 g/mol. The van der Waals surface area contributed by atoms with Crippen molar-refractivity contribution in [1.29, 1.82) is 0 Å². The molecule has 2 heterocycles. The fourth-order valence-corrected chi connectivity index (χ4v) is 4.03. The highest BCUT2D eigenvalue weighted by Gasteiger charge is 2.51. The number of hydrogen-bond acceptors (Lipinski definition) is 6. The van der Waals surface area contributed by atoms with Gasteiger partial charge in [0.15, 0.2) is 0 Å². The van der Waals surface area contributed by atoms with Gasteiger partial charge in [-0.3, -0.25) is 14.6 Å². The lowest BCUT2D eigenvalue weighted by Crippen LogP contribution is -2.48. The molecule has 2 aromatic heterocycles. The number of alkyl halides is 3. The van der Waals surface area contributed by atoms with Gasteiger partial charge in [-0.15, -0.1) is 0 Å². The Balaban J connectivity index is 1.31. The molecule has 12 heteroatoms. The van der Waals surface area contributed by atoms with E-state index in [-0.39, 0.29) is 24.0 Å². The van der Waals surface area contributed by atoms with Crippen molar-refractivity contribution in [3.8, 4) is 0 Å². The lowest BCUT2D eigenvalue weighted by molar-refractivity contribution is -0.137. The zero-order chi connectivity index (χ0) is 27.3. The van der Waals surface area contributed by atoms with Gasteiger partial charge in [0, 0.05) is 17.2 Å². The second-order valence-electron chi connectivity index (χ2n) is 8.93. The second-order valence-corrected chi connectivity index (χ2v) is 9.84. The Hall–Kier alpha value is -3.67. The molecule has 2 amide bonds. The molecule has 1 aliphatic rings. The number of anilines is 3. The third kappa shape index (κ3) is 6.80. The average Bonchev–Trinajstić information content (AvgIpc) is 3.68. The van der Waals surface area contributed by atoms with Crippen LogP contribution in [0.3, 0.4) is 0 Å². The van der Waals surface area contributed by atoms with Crippen LogP contribution < -0.4 is 21.3 Å². The van der Waals surface area contributed by atoms with Crippen LogP contribution in [0.5, 0.6) is 0 Å². The molecule has 0 saturated heterocycles. The van der Waals surface area contributed by atoms with Crippen LogP contribution in [0.15, 0.2) is 59.3 Å². The number of halogens is 4. The van der Waals surface area contributed by atoms with Gasteiger partial charge in [-0.1, -0.05) is 22.9 Å². The molecular formula is C26H26BrF3N6O2. The van der Waals surface area contributed by atoms with Crippen molar-refractivity contribution in [2.45, 2.75) is 44.4 Å². The van der Waals surface area contributed by atoms with Crippen LogP contribution in [-0.2, 0) is 17.5 Å². The number of aromatic nitrogens is 2. The van der Waals surface area contributed by atoms with Gasteiger partial charge in [0.1, 0.15) is 11.4 Å². The number of carbonyl (C=O) groups excluding carboxylic acids is 2. The number of benzene rings is 1. The van der Waals surface area contributed by atoms with E-state index in [2.05, 4.69) is 47.2 Å². The van der Waals surface area contributed by atoms with Gasteiger partial charge < -0.3 is 21.3 Å². The molecule has 0 spiro atoms. The first-order chi connectivity index (χ1) is 18.1. The maximum atomic E-state index is 13.4. The Morgan fingerprint density at radius 2 is 1.84 bits per heavy atom. The van der Waals surface area contributed by atoms with Crippen LogP contribution in [0.2, 0.25) is 0 Å². The third-order valence-electron chi connectivity index (χ3n) is 5.94. The van der Waals surface area contributed by atoms with E-state index in [4.69, 9.17) is 0 Å². The zero-order valence-corrected chi connectivity index (χ0v) is 22.0. The lowest BCUT2D eigenvalue weighted by Gasteiger charge is -2.17. The molecule has 4 N–H and O–H groups in total. The number of hydrogen-bond donors (Lipinski definition) is 4. The standard InChI is InChI=1S/C26H26BrF3N6O2/c1-2-11-31-22-8-3-16(13-33-22)23(37)36-25(9-10-25)24(38)34-14-18-5-6-19(15-32-18)35-21-7-4-17(27)12-20(21)26(28,29)30/h3-8,12-13,15,35H,2,9-11,14H2,1H3,(H,31,33)(H,34,38)(H,36,37). The van der Waals surface area contributed by atoms with Crippen LogP contribution in [0.4, 0.5) is 30.4 Å². The van der Waals surface area contributed by atoms with Gasteiger partial charge in [-0.25, -0.2) is 4.98 Å². The highest BCUT2D eigenvalue weighted by Crippen LogP contribution is 2.38. The van der Waals surface area contributed by atoms with E-state index in [1.54, 1.807) is 24.3 Å². The predicted octanol–water partition coefficient (Wildman–Crippen LogP) is 5.40. The minimum absolute atomic E-state index is 0.0994. The van der Waals surface area contributed by atoms with Crippen molar-refractivity contribution in [3.05, 3.63) is 76.2 Å². The quantitative estimate of drug-likeness (QED) is 0.252. The maximum absolute atomic E-state index is 13.4. The van der Waals surface area contributed by atoms with Gasteiger partial charge in [0.2, 0.25) is 5.91 Å². The fourth-order valence-electron chi connectivity index (χ4n) is 3.67. The number of pyridine rings is 2. The summed E-state index contributed by atoms with van der Waals surface area (Å²) in [5, 5.41) is 11.5. The Labute approximate surface area is 226 Å². The van der Waals surface area contributed by atoms with Crippen molar-refractivity contribution in [2.24, 2.45) is 0 Å². The molecule has 0 radical (unpaired) electrons. The molecule has 1 aliphatic carbocycles. The van der Waals surface area contributed by atoms with E-state index in [9.17, 15) is 22.8 Å². The SMILES string of the molecule is CCCNc1ccc(C(=O)NC2(C(=O)NCc3ccc(Nc4ccc(Br)cc4C(F)(F)F)cn3)CC2)cn1. The number of carbonyl (C=O) groups is 2. The van der Waals surface area contributed by atoms with Gasteiger partial charge in [-0.2, -0.15) is 13.2 Å². The van der Waals surface area contributed by atoms with E-state index in [0.717, 1.165) is 19.0 Å². The summed E-state index contributed by atoms with van der Waals surface area (Å²) >= 11 is 3.06. The monoisotopic (exact) mass is 590 g/mol. The molecule has 0 atom stereocenters. The normalized spacial score (nSPS) is 13.9. The summed E-state index contributed by atoms with van der Waals surface area (Å²) in [6, 6.07) is 10.4. The van der Waals surface area contributed by atoms with Gasteiger partial charge in [0.05, 0.1) is 40.9 Å². The summed E-state index contributed by atoms with van der Waals surface area (Å²) in [7, 11) is 0. The topological polar surface area (TPSA) is 108 Å². The first-order valence-electron chi connectivity index (χ1n) is 12.0. The Bertz CT molecular complexity index is 1300. The number of nitrogens with one attached hydrogen (secondary N) is 4. The smallest absolute Gasteiger partial charge is 0.370 e. The molecule has 4 rings (SSSR count). The number of rotatable bonds is 10. The van der Waals surface area contributed by atoms with E-state index < -0.39 is 17.3 Å². The molecule has 3 aromatic rings. The molecule has 1 aromatic carbocycles. The minimum atomic E-state index is -4.52. The van der Waals surface area contributed by atoms with Gasteiger partial charge >= 0.3 is 6.18 Å². The first kappa shape index (κ1) is 27.4. The first-order valence-corrected chi connectivity index (χ1v) is 12.8. The molecule has 200 valence electrons. The summed E-state index contributed by atoms with van der Waals surface area (Å²) < 4.78 is 40.4. The van der Waals surface area contributed by atoms with Crippen molar-refractivity contribution in [2.75, 3.05) is 17.2 Å². The van der Waals surface area contributed by atoms with Crippen LogP contribution in [0.1, 0.15) is 47.8 Å². The maximum Gasteiger partial charge on any atom is 0.418 e. The van der Waals surface area contributed by atoms with Gasteiger partial charge in [0.25, 0.3) is 5.91 Å². The van der Waals surface area contributed by atoms with Crippen LogP contribution in [0, 0.1) is 0 Å². The largest absolute Gasteiger partial charge is 0.418 e. The van der Waals surface area contributed by atoms with Crippen molar-refractivity contribution in [3.63, 3.8) is 0 Å². The summed E-state index contributed by atoms with van der Waals surface area (Å²) in [5.74, 6) is -0.0331. The molecule has 8 nitrogen and oxygen atoms in total. The molecule has 1 saturated carbocycles. The summed E-state index contributed by atoms with van der Waals surface area (Å²) in [5.41, 5.74) is -0.652. The van der Waals surface area contributed by atoms with E-state index >= 15 is 0 Å². The van der Waals surface area contributed by atoms with Crippen molar-refractivity contribution in [1.82, 2.24) is 20.6 Å². The van der Waals surface area contributed by atoms with Crippen molar-refractivity contribution >= 4 is 44.9 Å². The molecule has 0 aliphatic heterocycles. The highest BCUT2D eigenvalue weighted by atomic mass is 79.9. The minimum Gasteiger partial charge on any atom is -0.370 e. The van der Waals surface area contributed by atoms with E-state index in [0.29, 0.717) is 40.1 Å². The molecule has 1 fully saturated rings. The van der Waals surface area contributed by atoms with Gasteiger partial charge in [-0.05, 0) is 61.7 Å². The van der Waals surface area contributed by atoms with E-state index in [1.807, 2.05) is 6.92 Å². The molecule has 38 heavy (non-hydrogen) atoms. The highest BCUT2D eigenvalue weighted by molar-refractivity contribution is 9.10. The predicted molar refractivity (Wildman–Crippen MR) is 141 cm³/mol. The summed E-state index contributed by atoms with van der Waals surface area (Å²) in [6.45, 7) is 2.92. The molecule has 0 unspecified atom stereocenters. The lowest BCUT2D eigenvalue weighted by atomic mass is 10.1. The Morgan fingerprint density at radius 3 is 2.45 bits per heavy atom. The fraction of sp³-hybridized carbons (Fsp3) is 0.308. The molecular weight excluding hydrogens is 565 g/mol. The zero-order valence-electron chi connectivity index (χ0n) is 20.5. The Morgan fingerprint density at radius 1 is 1.05 bits per heavy atom. The number of amides is 2. The second kappa shape index (κ2) is 11.4. The summed E-state index contributed by atoms with van der Waals surface area (Å²) in [6.07, 6.45) is 0.312. The summed E-state index contributed by atoms with van der Waals surface area (Å²) in [4.78, 5) is 33.9. The van der Waals surface area contributed by atoms with Crippen LogP contribution >= 0.6 is 15.9 Å². The van der Waals surface area contributed by atoms with E-state index in [1.165, 1.54) is 24.5 Å². The molecule has 0 bridgehead atoms. The Kier molecular flexibility index (Phi) is 8.20.